The van der Waals surface area contributed by atoms with E-state index < -0.39 is 11.7 Å². The molecule has 2 aromatic rings. The molecule has 1 amide bonds. The van der Waals surface area contributed by atoms with Crippen LogP contribution in [0, 0.1) is 5.82 Å². The zero-order valence-corrected chi connectivity index (χ0v) is 10.1. The van der Waals surface area contributed by atoms with Gasteiger partial charge in [0.15, 0.2) is 0 Å². The van der Waals surface area contributed by atoms with E-state index in [4.69, 9.17) is 5.73 Å². The minimum atomic E-state index is -0.491. The number of hydrogen-bond acceptors (Lipinski definition) is 3. The summed E-state index contributed by atoms with van der Waals surface area (Å²) in [5.41, 5.74) is 6.45. The maximum absolute atomic E-state index is 12.9. The number of halogens is 1. The number of amides is 1. The number of hydrogen-bond donors (Lipinski definition) is 3. The Morgan fingerprint density at radius 1 is 1.26 bits per heavy atom. The fraction of sp³-hybridized carbons (Fsp3) is 0.0714. The Balaban J connectivity index is 2.08. The quantitative estimate of drug-likeness (QED) is 0.739. The fourth-order valence-corrected chi connectivity index (χ4v) is 1.67. The third-order valence-corrected chi connectivity index (χ3v) is 2.69. The van der Waals surface area contributed by atoms with E-state index in [0.717, 1.165) is 6.07 Å². The second-order valence-corrected chi connectivity index (χ2v) is 4.04. The molecular formula is C14H13FN2O2. The molecule has 0 heterocycles. The van der Waals surface area contributed by atoms with Crippen molar-refractivity contribution < 1.29 is 14.3 Å². The lowest BCUT2D eigenvalue weighted by Crippen LogP contribution is -2.23. The third kappa shape index (κ3) is 3.01. The lowest BCUT2D eigenvalue weighted by atomic mass is 10.1. The van der Waals surface area contributed by atoms with Crippen molar-refractivity contribution in [3.63, 3.8) is 0 Å². The van der Waals surface area contributed by atoms with Gasteiger partial charge in [0.25, 0.3) is 5.91 Å². The van der Waals surface area contributed by atoms with Crippen LogP contribution in [0.3, 0.4) is 0 Å². The number of carbonyl (C=O) groups is 1. The molecule has 98 valence electrons. The number of carbonyl (C=O) groups excluding carboxylic acids is 1. The van der Waals surface area contributed by atoms with Crippen LogP contribution >= 0.6 is 0 Å². The van der Waals surface area contributed by atoms with Gasteiger partial charge in [0.2, 0.25) is 0 Å². The van der Waals surface area contributed by atoms with Crippen molar-refractivity contribution in [2.75, 3.05) is 5.73 Å². The smallest absolute Gasteiger partial charge is 0.253 e. The Labute approximate surface area is 109 Å². The second-order valence-electron chi connectivity index (χ2n) is 4.04. The van der Waals surface area contributed by atoms with E-state index in [1.165, 1.54) is 18.2 Å². The zero-order chi connectivity index (χ0) is 13.8. The fourth-order valence-electron chi connectivity index (χ4n) is 1.67. The Kier molecular flexibility index (Phi) is 3.66. The van der Waals surface area contributed by atoms with Gasteiger partial charge in [-0.25, -0.2) is 4.39 Å². The van der Waals surface area contributed by atoms with Crippen molar-refractivity contribution in [1.29, 1.82) is 0 Å². The number of benzene rings is 2. The predicted octanol–water partition coefficient (Wildman–Crippen LogP) is 2.04. The maximum Gasteiger partial charge on any atom is 0.253 e. The normalized spacial score (nSPS) is 10.2. The molecular weight excluding hydrogens is 247 g/mol. The van der Waals surface area contributed by atoms with Gasteiger partial charge in [-0.15, -0.1) is 0 Å². The molecule has 0 unspecified atom stereocenters. The average molecular weight is 260 g/mol. The Morgan fingerprint density at radius 2 is 2.00 bits per heavy atom. The van der Waals surface area contributed by atoms with Crippen LogP contribution in [0.2, 0.25) is 0 Å². The molecule has 0 aromatic heterocycles. The highest BCUT2D eigenvalue weighted by Crippen LogP contribution is 2.16. The van der Waals surface area contributed by atoms with Gasteiger partial charge in [-0.2, -0.15) is 0 Å². The first-order chi connectivity index (χ1) is 9.08. The van der Waals surface area contributed by atoms with Crippen molar-refractivity contribution in [3.8, 4) is 5.75 Å². The number of aromatic hydroxyl groups is 1. The molecule has 0 spiro atoms. The van der Waals surface area contributed by atoms with E-state index in [2.05, 4.69) is 5.32 Å². The van der Waals surface area contributed by atoms with Gasteiger partial charge in [-0.05, 0) is 24.3 Å². The van der Waals surface area contributed by atoms with Gasteiger partial charge in [0.05, 0.1) is 5.56 Å². The molecule has 0 aliphatic carbocycles. The summed E-state index contributed by atoms with van der Waals surface area (Å²) in [6.07, 6.45) is 0. The highest BCUT2D eigenvalue weighted by atomic mass is 19.1. The lowest BCUT2D eigenvalue weighted by Gasteiger charge is -2.08. The van der Waals surface area contributed by atoms with E-state index in [0.29, 0.717) is 5.56 Å². The minimum absolute atomic E-state index is 0.0785. The number of phenolic OH excluding ortho intramolecular Hbond substituents is 1. The van der Waals surface area contributed by atoms with E-state index in [1.54, 1.807) is 18.2 Å². The molecule has 0 atom stereocenters. The molecule has 0 aliphatic rings. The monoisotopic (exact) mass is 260 g/mol. The predicted molar refractivity (Wildman–Crippen MR) is 70.1 cm³/mol. The molecule has 19 heavy (non-hydrogen) atoms. The average Bonchev–Trinajstić information content (AvgIpc) is 2.37. The van der Waals surface area contributed by atoms with E-state index in [-0.39, 0.29) is 23.5 Å². The van der Waals surface area contributed by atoms with Crippen LogP contribution in [0.5, 0.6) is 5.75 Å². The van der Waals surface area contributed by atoms with Crippen molar-refractivity contribution in [2.24, 2.45) is 0 Å². The van der Waals surface area contributed by atoms with Gasteiger partial charge in [-0.3, -0.25) is 4.79 Å². The highest BCUT2D eigenvalue weighted by Gasteiger charge is 2.10. The zero-order valence-electron chi connectivity index (χ0n) is 10.1. The Hall–Kier alpha value is -2.56. The third-order valence-electron chi connectivity index (χ3n) is 2.69. The first-order valence-electron chi connectivity index (χ1n) is 5.68. The number of nitrogens with one attached hydrogen (secondary N) is 1. The standard InChI is InChI=1S/C14H13FN2O2/c15-10-5-6-11(12(16)7-10)14(19)17-8-9-3-1-2-4-13(9)18/h1-7,18H,8,16H2,(H,17,19). The first-order valence-corrected chi connectivity index (χ1v) is 5.68. The summed E-state index contributed by atoms with van der Waals surface area (Å²) >= 11 is 0. The van der Waals surface area contributed by atoms with Gasteiger partial charge in [-0.1, -0.05) is 18.2 Å². The van der Waals surface area contributed by atoms with Crippen LogP contribution in [0.15, 0.2) is 42.5 Å². The Bertz CT molecular complexity index is 614. The molecule has 0 radical (unpaired) electrons. The second kappa shape index (κ2) is 5.39. The molecule has 4 nitrogen and oxygen atoms in total. The van der Waals surface area contributed by atoms with Crippen molar-refractivity contribution in [2.45, 2.75) is 6.54 Å². The number of anilines is 1. The largest absolute Gasteiger partial charge is 0.508 e. The van der Waals surface area contributed by atoms with Gasteiger partial charge in [0, 0.05) is 17.8 Å². The number of phenols is 1. The summed E-state index contributed by atoms with van der Waals surface area (Å²) in [4.78, 5) is 11.9. The summed E-state index contributed by atoms with van der Waals surface area (Å²) < 4.78 is 12.9. The van der Waals surface area contributed by atoms with Crippen LogP contribution in [-0.2, 0) is 6.54 Å². The first kappa shape index (κ1) is 12.9. The van der Waals surface area contributed by atoms with Crippen molar-refractivity contribution >= 4 is 11.6 Å². The molecule has 0 bridgehead atoms. The molecule has 0 saturated heterocycles. The molecule has 5 heteroatoms. The SMILES string of the molecule is Nc1cc(F)ccc1C(=O)NCc1ccccc1O. The minimum Gasteiger partial charge on any atom is -0.508 e. The van der Waals surface area contributed by atoms with Crippen LogP contribution in [0.1, 0.15) is 15.9 Å². The summed E-state index contributed by atoms with van der Waals surface area (Å²) in [5.74, 6) is -0.801. The number of rotatable bonds is 3. The summed E-state index contributed by atoms with van der Waals surface area (Å²) in [6.45, 7) is 0.169. The topological polar surface area (TPSA) is 75.4 Å². The summed E-state index contributed by atoms with van der Waals surface area (Å²) in [7, 11) is 0. The number of para-hydroxylation sites is 1. The number of nitrogen functional groups attached to an aromatic ring is 1. The summed E-state index contributed by atoms with van der Waals surface area (Å²) in [5, 5.41) is 12.2. The van der Waals surface area contributed by atoms with E-state index >= 15 is 0 Å². The molecule has 4 N–H and O–H groups in total. The molecule has 0 saturated carbocycles. The number of nitrogens with two attached hydrogens (primary N) is 1. The molecule has 2 rings (SSSR count). The van der Waals surface area contributed by atoms with Crippen molar-refractivity contribution in [3.05, 3.63) is 59.4 Å². The van der Waals surface area contributed by atoms with Gasteiger partial charge < -0.3 is 16.2 Å². The van der Waals surface area contributed by atoms with Gasteiger partial charge >= 0.3 is 0 Å². The van der Waals surface area contributed by atoms with Crippen LogP contribution in [0.25, 0.3) is 0 Å². The lowest BCUT2D eigenvalue weighted by molar-refractivity contribution is 0.0951. The van der Waals surface area contributed by atoms with E-state index in [1.807, 2.05) is 0 Å². The molecule has 2 aromatic carbocycles. The van der Waals surface area contributed by atoms with Crippen LogP contribution < -0.4 is 11.1 Å². The summed E-state index contributed by atoms with van der Waals surface area (Å²) in [6, 6.07) is 10.3. The maximum atomic E-state index is 12.9. The molecule has 0 fully saturated rings. The Morgan fingerprint density at radius 3 is 2.68 bits per heavy atom. The van der Waals surface area contributed by atoms with E-state index in [9.17, 15) is 14.3 Å². The molecule has 0 aliphatic heterocycles. The van der Waals surface area contributed by atoms with Crippen molar-refractivity contribution in [1.82, 2.24) is 5.32 Å². The van der Waals surface area contributed by atoms with Crippen LogP contribution in [-0.4, -0.2) is 11.0 Å². The van der Waals surface area contributed by atoms with Gasteiger partial charge in [0.1, 0.15) is 11.6 Å². The van der Waals surface area contributed by atoms with Crippen LogP contribution in [0.4, 0.5) is 10.1 Å². The highest BCUT2D eigenvalue weighted by molar-refractivity contribution is 5.99.